The van der Waals surface area contributed by atoms with Crippen LogP contribution in [-0.2, 0) is 9.53 Å². The Balaban J connectivity index is 1.64. The zero-order chi connectivity index (χ0) is 21.6. The van der Waals surface area contributed by atoms with Crippen molar-refractivity contribution in [3.8, 4) is 0 Å². The highest BCUT2D eigenvalue weighted by Crippen LogP contribution is 2.34. The lowest BCUT2D eigenvalue weighted by molar-refractivity contribution is -0.139. The van der Waals surface area contributed by atoms with Gasteiger partial charge in [-0.1, -0.05) is 13.0 Å². The number of carbonyl (C=O) groups excluding carboxylic acids is 2. The number of amides is 3. The van der Waals surface area contributed by atoms with E-state index in [-0.39, 0.29) is 30.9 Å². The molecule has 1 aromatic carbocycles. The van der Waals surface area contributed by atoms with E-state index in [1.54, 1.807) is 11.9 Å². The second kappa shape index (κ2) is 8.17. The molecule has 0 aromatic heterocycles. The third-order valence-electron chi connectivity index (χ3n) is 6.29. The number of likely N-dealkylation sites (N-methyl/N-ethyl adjacent to an activating group) is 1. The number of aryl methyl sites for hydroxylation is 2. The topological polar surface area (TPSA) is 68.4 Å². The van der Waals surface area contributed by atoms with E-state index in [1.165, 1.54) is 16.0 Å². The second-order valence-corrected chi connectivity index (χ2v) is 8.81. The summed E-state index contributed by atoms with van der Waals surface area (Å²) in [6.45, 7) is 11.3. The van der Waals surface area contributed by atoms with Crippen molar-refractivity contribution < 1.29 is 14.3 Å². The average molecular weight is 416 g/mol. The summed E-state index contributed by atoms with van der Waals surface area (Å²) in [6, 6.07) is 5.90. The van der Waals surface area contributed by atoms with Crippen LogP contribution in [0.1, 0.15) is 25.0 Å². The molecule has 3 heterocycles. The Hall–Kier alpha value is -2.16. The summed E-state index contributed by atoms with van der Waals surface area (Å²) in [5, 5.41) is 3.58. The molecule has 30 heavy (non-hydrogen) atoms. The molecule has 4 atom stereocenters. The number of nitrogens with one attached hydrogen (secondary N) is 1. The van der Waals surface area contributed by atoms with Gasteiger partial charge in [-0.2, -0.15) is 0 Å². The van der Waals surface area contributed by atoms with Gasteiger partial charge in [0.25, 0.3) is 5.91 Å². The first kappa shape index (κ1) is 21.1. The highest BCUT2D eigenvalue weighted by atomic mass is 16.5. The van der Waals surface area contributed by atoms with Crippen LogP contribution in [0.4, 0.5) is 10.5 Å². The second-order valence-electron chi connectivity index (χ2n) is 8.81. The molecule has 3 amide bonds. The molecule has 0 saturated carbocycles. The van der Waals surface area contributed by atoms with Crippen LogP contribution in [0.2, 0.25) is 0 Å². The standard InChI is InChI=1S/C22H33N5O3/c1-6-30-8-7-25-20(28)18-19(24(5)22(25)29)23-21-26(12-16(4)13-27(18)21)17-10-14(2)9-15(3)11-17/h9-11,16,18-19,21,23H,6-8,12-13H2,1-5H3. The van der Waals surface area contributed by atoms with Crippen LogP contribution < -0.4 is 10.2 Å². The number of urea groups is 1. The van der Waals surface area contributed by atoms with Gasteiger partial charge in [-0.3, -0.25) is 19.9 Å². The molecule has 1 N–H and O–H groups in total. The third-order valence-corrected chi connectivity index (χ3v) is 6.29. The molecular weight excluding hydrogens is 382 g/mol. The van der Waals surface area contributed by atoms with Gasteiger partial charge in [-0.25, -0.2) is 4.79 Å². The van der Waals surface area contributed by atoms with Gasteiger partial charge in [0.05, 0.1) is 13.2 Å². The molecular formula is C22H33N5O3. The molecule has 3 aliphatic heterocycles. The Labute approximate surface area is 178 Å². The van der Waals surface area contributed by atoms with Gasteiger partial charge in [0.1, 0.15) is 18.5 Å². The minimum atomic E-state index is -0.393. The zero-order valence-corrected chi connectivity index (χ0v) is 18.6. The summed E-state index contributed by atoms with van der Waals surface area (Å²) in [4.78, 5) is 33.9. The molecule has 0 aliphatic carbocycles. The van der Waals surface area contributed by atoms with Crippen molar-refractivity contribution in [2.75, 3.05) is 44.8 Å². The summed E-state index contributed by atoms with van der Waals surface area (Å²) in [5.74, 6) is 0.266. The van der Waals surface area contributed by atoms with E-state index in [4.69, 9.17) is 4.74 Å². The molecule has 8 heteroatoms. The summed E-state index contributed by atoms with van der Waals surface area (Å²) in [6.07, 6.45) is -0.458. The van der Waals surface area contributed by atoms with E-state index < -0.39 is 6.04 Å². The summed E-state index contributed by atoms with van der Waals surface area (Å²) < 4.78 is 5.40. The van der Waals surface area contributed by atoms with E-state index in [0.717, 1.165) is 18.8 Å². The maximum atomic E-state index is 13.4. The Bertz CT molecular complexity index is 811. The summed E-state index contributed by atoms with van der Waals surface area (Å²) in [7, 11) is 1.77. The lowest BCUT2D eigenvalue weighted by atomic mass is 10.0. The van der Waals surface area contributed by atoms with Crippen molar-refractivity contribution in [1.82, 2.24) is 20.0 Å². The number of benzene rings is 1. The van der Waals surface area contributed by atoms with Crippen LogP contribution in [0.3, 0.4) is 0 Å². The number of carbonyl (C=O) groups is 2. The van der Waals surface area contributed by atoms with Crippen LogP contribution in [0.5, 0.6) is 0 Å². The minimum Gasteiger partial charge on any atom is -0.380 e. The molecule has 0 spiro atoms. The molecule has 0 radical (unpaired) electrons. The third kappa shape index (κ3) is 3.57. The lowest BCUT2D eigenvalue weighted by Gasteiger charge is -2.46. The highest BCUT2D eigenvalue weighted by molar-refractivity contribution is 6.00. The molecule has 3 saturated heterocycles. The van der Waals surface area contributed by atoms with E-state index >= 15 is 0 Å². The first-order chi connectivity index (χ1) is 14.3. The molecule has 0 bridgehead atoms. The fourth-order valence-electron chi connectivity index (χ4n) is 5.04. The van der Waals surface area contributed by atoms with Crippen molar-refractivity contribution in [2.45, 2.75) is 46.2 Å². The van der Waals surface area contributed by atoms with Crippen molar-refractivity contribution >= 4 is 17.6 Å². The number of hydrogen-bond donors (Lipinski definition) is 1. The lowest BCUT2D eigenvalue weighted by Crippen LogP contribution is -2.67. The van der Waals surface area contributed by atoms with Crippen LogP contribution in [-0.4, -0.2) is 85.0 Å². The van der Waals surface area contributed by atoms with Crippen LogP contribution in [0.15, 0.2) is 18.2 Å². The van der Waals surface area contributed by atoms with Gasteiger partial charge in [-0.15, -0.1) is 0 Å². The fourth-order valence-corrected chi connectivity index (χ4v) is 5.04. The molecule has 1 aromatic rings. The maximum absolute atomic E-state index is 13.4. The van der Waals surface area contributed by atoms with Crippen LogP contribution in [0, 0.1) is 19.8 Å². The Morgan fingerprint density at radius 2 is 1.83 bits per heavy atom. The molecule has 164 valence electrons. The van der Waals surface area contributed by atoms with Crippen LogP contribution >= 0.6 is 0 Å². The Morgan fingerprint density at radius 3 is 2.50 bits per heavy atom. The number of fused-ring (bicyclic) bond motifs is 3. The quantitative estimate of drug-likeness (QED) is 0.737. The number of anilines is 1. The smallest absolute Gasteiger partial charge is 0.327 e. The summed E-state index contributed by atoms with van der Waals surface area (Å²) >= 11 is 0. The fraction of sp³-hybridized carbons (Fsp3) is 0.636. The van der Waals surface area contributed by atoms with E-state index in [0.29, 0.717) is 19.1 Å². The first-order valence-corrected chi connectivity index (χ1v) is 10.8. The van der Waals surface area contributed by atoms with Gasteiger partial charge in [0.2, 0.25) is 0 Å². The predicted octanol–water partition coefficient (Wildman–Crippen LogP) is 1.57. The normalized spacial score (nSPS) is 29.4. The van der Waals surface area contributed by atoms with Gasteiger partial charge in [0.15, 0.2) is 0 Å². The van der Waals surface area contributed by atoms with Crippen molar-refractivity contribution in [2.24, 2.45) is 5.92 Å². The Kier molecular flexibility index (Phi) is 5.74. The van der Waals surface area contributed by atoms with Gasteiger partial charge < -0.3 is 14.5 Å². The molecule has 4 rings (SSSR count). The zero-order valence-electron chi connectivity index (χ0n) is 18.6. The largest absolute Gasteiger partial charge is 0.380 e. The predicted molar refractivity (Wildman–Crippen MR) is 115 cm³/mol. The molecule has 4 unspecified atom stereocenters. The van der Waals surface area contributed by atoms with E-state index in [1.807, 2.05) is 6.92 Å². The van der Waals surface area contributed by atoms with Gasteiger partial charge in [0, 0.05) is 32.4 Å². The van der Waals surface area contributed by atoms with E-state index in [9.17, 15) is 9.59 Å². The maximum Gasteiger partial charge on any atom is 0.327 e. The van der Waals surface area contributed by atoms with Gasteiger partial charge >= 0.3 is 6.03 Å². The SMILES string of the molecule is CCOCCN1C(=O)C2C(NC3N(c4cc(C)cc(C)c4)CC(C)CN23)N(C)C1=O. The molecule has 8 nitrogen and oxygen atoms in total. The number of rotatable bonds is 5. The molecule has 3 aliphatic rings. The number of hydrogen-bond acceptors (Lipinski definition) is 6. The summed E-state index contributed by atoms with van der Waals surface area (Å²) in [5.41, 5.74) is 3.58. The van der Waals surface area contributed by atoms with Crippen molar-refractivity contribution in [3.05, 3.63) is 29.3 Å². The van der Waals surface area contributed by atoms with Crippen LogP contribution in [0.25, 0.3) is 0 Å². The van der Waals surface area contributed by atoms with E-state index in [2.05, 4.69) is 54.1 Å². The number of nitrogens with zero attached hydrogens (tertiary/aromatic N) is 4. The Morgan fingerprint density at radius 1 is 1.13 bits per heavy atom. The van der Waals surface area contributed by atoms with Crippen molar-refractivity contribution in [3.63, 3.8) is 0 Å². The average Bonchev–Trinajstić information content (AvgIpc) is 3.07. The van der Waals surface area contributed by atoms with Gasteiger partial charge in [-0.05, 0) is 49.9 Å². The number of ether oxygens (including phenoxy) is 1. The minimum absolute atomic E-state index is 0.122. The van der Waals surface area contributed by atoms with Crippen molar-refractivity contribution in [1.29, 1.82) is 0 Å². The first-order valence-electron chi connectivity index (χ1n) is 10.8. The monoisotopic (exact) mass is 415 g/mol. The number of imide groups is 1. The molecule has 3 fully saturated rings. The highest BCUT2D eigenvalue weighted by Gasteiger charge is 2.56.